The summed E-state index contributed by atoms with van der Waals surface area (Å²) in [6.07, 6.45) is 16.5. The van der Waals surface area contributed by atoms with Crippen LogP contribution in [0.5, 0.6) is 0 Å². The van der Waals surface area contributed by atoms with Crippen molar-refractivity contribution < 1.29 is 9.53 Å². The molecule has 2 atom stereocenters. The maximum atomic E-state index is 12.5. The van der Waals surface area contributed by atoms with Crippen LogP contribution in [0.3, 0.4) is 0 Å². The monoisotopic (exact) mass is 411 g/mol. The van der Waals surface area contributed by atoms with Gasteiger partial charge in [-0.15, -0.1) is 0 Å². The molecule has 0 radical (unpaired) electrons. The molecule has 0 aromatic heterocycles. The highest BCUT2D eigenvalue weighted by Crippen LogP contribution is 2.65. The zero-order chi connectivity index (χ0) is 17.3. The molecule has 4 heteroatoms. The summed E-state index contributed by atoms with van der Waals surface area (Å²) >= 11 is 4.05. The Labute approximate surface area is 161 Å². The molecular weight excluding hydrogens is 378 g/mol. The van der Waals surface area contributed by atoms with Crippen molar-refractivity contribution in [3.8, 4) is 0 Å². The Bertz CT molecular complexity index is 474. The van der Waals surface area contributed by atoms with E-state index in [0.717, 1.165) is 37.8 Å². The van der Waals surface area contributed by atoms with E-state index < -0.39 is 0 Å². The van der Waals surface area contributed by atoms with Crippen LogP contribution in [-0.4, -0.2) is 29.5 Å². The predicted octanol–water partition coefficient (Wildman–Crippen LogP) is 4.97. The quantitative estimate of drug-likeness (QED) is 0.474. The zero-order valence-corrected chi connectivity index (χ0v) is 17.1. The van der Waals surface area contributed by atoms with E-state index in [1.807, 2.05) is 0 Å². The highest BCUT2D eigenvalue weighted by atomic mass is 79.9. The molecule has 5 aliphatic carbocycles. The van der Waals surface area contributed by atoms with Crippen LogP contribution in [0.25, 0.3) is 0 Å². The van der Waals surface area contributed by atoms with E-state index in [1.165, 1.54) is 70.6 Å². The number of hydrogen-bond donors (Lipinski definition) is 1. The minimum Gasteiger partial charge on any atom is -0.378 e. The van der Waals surface area contributed by atoms with Gasteiger partial charge in [-0.1, -0.05) is 35.2 Å². The van der Waals surface area contributed by atoms with E-state index in [1.54, 1.807) is 0 Å². The molecule has 5 saturated carbocycles. The summed E-state index contributed by atoms with van der Waals surface area (Å²) in [6.45, 7) is 1.57. The number of amides is 1. The first-order valence-corrected chi connectivity index (χ1v) is 11.4. The molecule has 0 aromatic carbocycles. The Kier molecular flexibility index (Phi) is 5.48. The summed E-state index contributed by atoms with van der Waals surface area (Å²) in [5, 5.41) is 3.17. The maximum Gasteiger partial charge on any atom is 0.220 e. The van der Waals surface area contributed by atoms with E-state index in [2.05, 4.69) is 21.2 Å². The third-order valence-electron chi connectivity index (χ3n) is 7.20. The van der Waals surface area contributed by atoms with Gasteiger partial charge in [-0.3, -0.25) is 4.79 Å². The van der Waals surface area contributed by atoms with Gasteiger partial charge in [0.15, 0.2) is 0 Å². The van der Waals surface area contributed by atoms with Crippen molar-refractivity contribution in [2.24, 2.45) is 17.3 Å². The van der Waals surface area contributed by atoms with Crippen LogP contribution in [-0.2, 0) is 9.53 Å². The summed E-state index contributed by atoms with van der Waals surface area (Å²) in [5.74, 6) is 1.99. The lowest BCUT2D eigenvalue weighted by Crippen LogP contribution is -2.54. The number of alkyl halides is 1. The van der Waals surface area contributed by atoms with Crippen LogP contribution in [0.1, 0.15) is 83.5 Å². The van der Waals surface area contributed by atoms with Crippen LogP contribution >= 0.6 is 15.9 Å². The summed E-state index contributed by atoms with van der Waals surface area (Å²) in [7, 11) is 0. The molecule has 1 N–H and O–H groups in total. The molecule has 4 bridgehead atoms. The second kappa shape index (κ2) is 7.50. The van der Waals surface area contributed by atoms with Gasteiger partial charge in [-0.2, -0.15) is 0 Å². The Morgan fingerprint density at radius 1 is 1.08 bits per heavy atom. The lowest BCUT2D eigenvalue weighted by Gasteiger charge is -2.60. The summed E-state index contributed by atoms with van der Waals surface area (Å²) < 4.78 is 6.31. The topological polar surface area (TPSA) is 38.3 Å². The van der Waals surface area contributed by atoms with Crippen LogP contribution in [0, 0.1) is 17.3 Å². The van der Waals surface area contributed by atoms with E-state index >= 15 is 0 Å². The summed E-state index contributed by atoms with van der Waals surface area (Å²) in [4.78, 5) is 12.5. The molecule has 142 valence electrons. The highest BCUT2D eigenvalue weighted by Gasteiger charge is 2.57. The molecule has 5 aliphatic rings. The fourth-order valence-electron chi connectivity index (χ4n) is 6.73. The van der Waals surface area contributed by atoms with Crippen molar-refractivity contribution in [1.29, 1.82) is 0 Å². The third-order valence-corrected chi connectivity index (χ3v) is 8.12. The largest absolute Gasteiger partial charge is 0.378 e. The van der Waals surface area contributed by atoms with Crippen molar-refractivity contribution in [1.82, 2.24) is 5.32 Å². The molecule has 0 aliphatic heterocycles. The van der Waals surface area contributed by atoms with Crippen molar-refractivity contribution >= 4 is 21.8 Å². The van der Waals surface area contributed by atoms with Crippen molar-refractivity contribution in [2.75, 3.05) is 13.2 Å². The van der Waals surface area contributed by atoms with Gasteiger partial charge in [0.2, 0.25) is 5.91 Å². The van der Waals surface area contributed by atoms with Gasteiger partial charge in [-0.25, -0.2) is 0 Å². The van der Waals surface area contributed by atoms with E-state index in [4.69, 9.17) is 4.74 Å². The number of rotatable bonds is 7. The summed E-state index contributed by atoms with van der Waals surface area (Å²) in [6, 6.07) is 0. The number of hydrogen-bond acceptors (Lipinski definition) is 2. The van der Waals surface area contributed by atoms with Gasteiger partial charge in [0.1, 0.15) is 0 Å². The fourth-order valence-corrected chi connectivity index (χ4v) is 8.24. The zero-order valence-electron chi connectivity index (χ0n) is 15.5. The first-order valence-electron chi connectivity index (χ1n) is 10.6. The molecule has 2 unspecified atom stereocenters. The smallest absolute Gasteiger partial charge is 0.220 e. The average molecular weight is 412 g/mol. The molecular formula is C21H34BrNO2. The van der Waals surface area contributed by atoms with Gasteiger partial charge in [-0.05, 0) is 75.0 Å². The lowest BCUT2D eigenvalue weighted by molar-refractivity contribution is -0.128. The number of halogens is 1. The highest BCUT2D eigenvalue weighted by molar-refractivity contribution is 9.10. The normalized spacial score (nSPS) is 40.4. The van der Waals surface area contributed by atoms with Gasteiger partial charge >= 0.3 is 0 Å². The maximum absolute atomic E-state index is 12.5. The van der Waals surface area contributed by atoms with E-state index in [0.29, 0.717) is 10.4 Å². The standard InChI is InChI=1S/C21H34BrNO2/c22-21-12-16-9-17(13-21)11-20(10-16,15-21)14-19(24)23-7-4-8-25-18-5-2-1-3-6-18/h16-18H,1-15H2,(H,23,24). The van der Waals surface area contributed by atoms with Gasteiger partial charge in [0.25, 0.3) is 0 Å². The molecule has 5 fully saturated rings. The van der Waals surface area contributed by atoms with Gasteiger partial charge in [0.05, 0.1) is 6.10 Å². The van der Waals surface area contributed by atoms with Crippen LogP contribution in [0.4, 0.5) is 0 Å². The Morgan fingerprint density at radius 2 is 1.80 bits per heavy atom. The lowest BCUT2D eigenvalue weighted by atomic mass is 9.48. The first kappa shape index (κ1) is 18.3. The molecule has 0 saturated heterocycles. The number of carbonyl (C=O) groups is 1. The number of ether oxygens (including phenoxy) is 1. The summed E-state index contributed by atoms with van der Waals surface area (Å²) in [5.41, 5.74) is 0.288. The molecule has 1 amide bonds. The van der Waals surface area contributed by atoms with Crippen LogP contribution in [0.15, 0.2) is 0 Å². The molecule has 3 nitrogen and oxygen atoms in total. The number of nitrogens with one attached hydrogen (secondary N) is 1. The Balaban J connectivity index is 1.17. The molecule has 5 rings (SSSR count). The average Bonchev–Trinajstić information content (AvgIpc) is 2.52. The second-order valence-corrected chi connectivity index (χ2v) is 11.3. The Morgan fingerprint density at radius 3 is 2.48 bits per heavy atom. The minimum absolute atomic E-state index is 0.274. The number of carbonyl (C=O) groups excluding carboxylic acids is 1. The van der Waals surface area contributed by atoms with Crippen molar-refractivity contribution in [2.45, 2.75) is 93.9 Å². The fraction of sp³-hybridized carbons (Fsp3) is 0.952. The predicted molar refractivity (Wildman–Crippen MR) is 104 cm³/mol. The van der Waals surface area contributed by atoms with Crippen molar-refractivity contribution in [3.63, 3.8) is 0 Å². The molecule has 25 heavy (non-hydrogen) atoms. The van der Waals surface area contributed by atoms with Crippen molar-refractivity contribution in [3.05, 3.63) is 0 Å². The second-order valence-electron chi connectivity index (χ2n) is 9.62. The van der Waals surface area contributed by atoms with Gasteiger partial charge < -0.3 is 10.1 Å². The molecule has 0 spiro atoms. The van der Waals surface area contributed by atoms with Crippen LogP contribution in [0.2, 0.25) is 0 Å². The van der Waals surface area contributed by atoms with E-state index in [9.17, 15) is 4.79 Å². The molecule has 0 heterocycles. The van der Waals surface area contributed by atoms with E-state index in [-0.39, 0.29) is 11.3 Å². The Hall–Kier alpha value is -0.0900. The third kappa shape index (κ3) is 4.43. The van der Waals surface area contributed by atoms with Gasteiger partial charge in [0, 0.05) is 23.9 Å². The molecule has 0 aromatic rings. The SMILES string of the molecule is O=C(CC12CC3CC(CC(Br)(C3)C1)C2)NCCCOC1CCCCC1. The first-order chi connectivity index (χ1) is 12.0. The van der Waals surface area contributed by atoms with Crippen LogP contribution < -0.4 is 5.32 Å². The minimum atomic E-state index is 0.274.